The van der Waals surface area contributed by atoms with Gasteiger partial charge in [0.05, 0.1) is 19.9 Å². The molecule has 9 nitrogen and oxygen atoms in total. The number of methoxy groups -OCH3 is 2. The fraction of sp³-hybridized carbons (Fsp3) is 0.318. The van der Waals surface area contributed by atoms with Crippen LogP contribution in [0.15, 0.2) is 48.5 Å². The van der Waals surface area contributed by atoms with E-state index >= 15 is 0 Å². The minimum absolute atomic E-state index is 0.226. The number of para-hydroxylation sites is 1. The maximum Gasteiger partial charge on any atom is 0.267 e. The van der Waals surface area contributed by atoms with Gasteiger partial charge in [-0.2, -0.15) is 0 Å². The lowest BCUT2D eigenvalue weighted by Gasteiger charge is -2.38. The average molecular weight is 462 g/mol. The Kier molecular flexibility index (Phi) is 7.96. The number of hydroxylamine groups is 1. The highest BCUT2D eigenvalue weighted by molar-refractivity contribution is 7.74. The first kappa shape index (κ1) is 23.4. The van der Waals surface area contributed by atoms with Crippen LogP contribution >= 0.6 is 0 Å². The maximum absolute atomic E-state index is 12.2. The summed E-state index contributed by atoms with van der Waals surface area (Å²) in [5.74, 6) is 0.401. The summed E-state index contributed by atoms with van der Waals surface area (Å²) in [7, 11) is 0.143. The van der Waals surface area contributed by atoms with Crippen molar-refractivity contribution in [3.05, 3.63) is 54.1 Å². The largest absolute Gasteiger partial charge is 0.497 e. The van der Waals surface area contributed by atoms with Crippen LogP contribution in [0.2, 0.25) is 0 Å². The molecule has 0 saturated carbocycles. The molecule has 2 N–H and O–H groups in total. The first-order chi connectivity index (χ1) is 15.5. The number of benzene rings is 2. The molecule has 0 spiro atoms. The van der Waals surface area contributed by atoms with Crippen molar-refractivity contribution in [1.82, 2.24) is 5.48 Å². The molecule has 1 aliphatic rings. The van der Waals surface area contributed by atoms with Gasteiger partial charge in [0, 0.05) is 37.0 Å². The highest BCUT2D eigenvalue weighted by atomic mass is 32.2. The van der Waals surface area contributed by atoms with Gasteiger partial charge in [-0.3, -0.25) is 14.3 Å². The molecule has 0 aliphatic carbocycles. The summed E-state index contributed by atoms with van der Waals surface area (Å²) in [6.45, 7) is 1.27. The Morgan fingerprint density at radius 2 is 1.88 bits per heavy atom. The maximum atomic E-state index is 12.2. The summed E-state index contributed by atoms with van der Waals surface area (Å²) in [5.41, 5.74) is 3.80. The molecule has 2 aromatic rings. The van der Waals surface area contributed by atoms with E-state index in [0.717, 1.165) is 11.3 Å². The Hall–Kier alpha value is -3.24. The van der Waals surface area contributed by atoms with E-state index < -0.39 is 16.8 Å². The van der Waals surface area contributed by atoms with Crippen molar-refractivity contribution in [2.24, 2.45) is 0 Å². The molecule has 0 atom stereocenters. The number of ether oxygens (including phenoxy) is 2. The van der Waals surface area contributed by atoms with Crippen molar-refractivity contribution in [2.75, 3.05) is 36.5 Å². The Balaban J connectivity index is 1.81. The van der Waals surface area contributed by atoms with Crippen LogP contribution in [0.25, 0.3) is 6.08 Å². The zero-order valence-corrected chi connectivity index (χ0v) is 18.8. The summed E-state index contributed by atoms with van der Waals surface area (Å²) in [5, 5.41) is 8.69. The van der Waals surface area contributed by atoms with E-state index in [1.165, 1.54) is 24.6 Å². The standard InChI is InChI=1S/C22H27N3O6S/c1-30-18-8-9-21(31-2)20(15-18)25(32(28)29)17-11-13-24(14-12-17)19-6-4-3-5-16(19)7-10-22(26)23-27/h3-10,15,17,27,32H,11-14H2,1-2H3,(H,23,26)/b10-7+. The van der Waals surface area contributed by atoms with Gasteiger partial charge in [0.2, 0.25) is 10.9 Å². The monoisotopic (exact) mass is 461 g/mol. The predicted molar refractivity (Wildman–Crippen MR) is 123 cm³/mol. The minimum Gasteiger partial charge on any atom is -0.497 e. The molecule has 10 heteroatoms. The lowest BCUT2D eigenvalue weighted by molar-refractivity contribution is -0.124. The molecule has 1 fully saturated rings. The van der Waals surface area contributed by atoms with Crippen LogP contribution in [-0.4, -0.2) is 52.9 Å². The summed E-state index contributed by atoms with van der Waals surface area (Å²) >= 11 is 0. The molecule has 172 valence electrons. The average Bonchev–Trinajstić information content (AvgIpc) is 2.83. The van der Waals surface area contributed by atoms with Gasteiger partial charge in [0.15, 0.2) is 0 Å². The lowest BCUT2D eigenvalue weighted by atomic mass is 10.0. The van der Waals surface area contributed by atoms with E-state index in [-0.39, 0.29) is 6.04 Å². The van der Waals surface area contributed by atoms with Crippen molar-refractivity contribution >= 4 is 34.2 Å². The number of thiol groups is 1. The normalized spacial score (nSPS) is 14.6. The van der Waals surface area contributed by atoms with E-state index in [0.29, 0.717) is 43.1 Å². The van der Waals surface area contributed by atoms with Gasteiger partial charge in [0.1, 0.15) is 11.5 Å². The molecule has 2 aromatic carbocycles. The third kappa shape index (κ3) is 5.32. The zero-order chi connectivity index (χ0) is 23.1. The van der Waals surface area contributed by atoms with Gasteiger partial charge in [0.25, 0.3) is 5.91 Å². The lowest BCUT2D eigenvalue weighted by Crippen LogP contribution is -2.44. The van der Waals surface area contributed by atoms with Gasteiger partial charge in [-0.1, -0.05) is 18.2 Å². The molecule has 1 saturated heterocycles. The molecule has 0 aromatic heterocycles. The number of nitrogens with one attached hydrogen (secondary N) is 1. The SMILES string of the molecule is COc1ccc(OC)c(N(C2CCN(c3ccccc3/C=C/C(=O)NO)CC2)[SH](=O)=O)c1. The van der Waals surface area contributed by atoms with Crippen LogP contribution in [0, 0.1) is 0 Å². The van der Waals surface area contributed by atoms with Crippen molar-refractivity contribution in [3.8, 4) is 11.5 Å². The van der Waals surface area contributed by atoms with E-state index in [1.54, 1.807) is 29.8 Å². The smallest absolute Gasteiger partial charge is 0.267 e. The molecule has 1 amide bonds. The molecule has 0 bridgehead atoms. The fourth-order valence-corrected chi connectivity index (χ4v) is 4.69. The number of hydrogen-bond acceptors (Lipinski definition) is 7. The van der Waals surface area contributed by atoms with Crippen LogP contribution in [0.3, 0.4) is 0 Å². The molecule has 3 rings (SSSR count). The van der Waals surface area contributed by atoms with E-state index in [9.17, 15) is 13.2 Å². The van der Waals surface area contributed by atoms with Crippen molar-refractivity contribution in [2.45, 2.75) is 18.9 Å². The summed E-state index contributed by atoms with van der Waals surface area (Å²) in [4.78, 5) is 13.5. The highest BCUT2D eigenvalue weighted by Gasteiger charge is 2.29. The van der Waals surface area contributed by atoms with Crippen molar-refractivity contribution in [1.29, 1.82) is 0 Å². The van der Waals surface area contributed by atoms with Crippen LogP contribution in [-0.2, 0) is 15.7 Å². The third-order valence-electron chi connectivity index (χ3n) is 5.42. The molecule has 0 radical (unpaired) electrons. The Morgan fingerprint density at radius 1 is 1.16 bits per heavy atom. The van der Waals surface area contributed by atoms with Crippen molar-refractivity contribution < 1.29 is 27.9 Å². The van der Waals surface area contributed by atoms with Crippen LogP contribution in [0.5, 0.6) is 11.5 Å². The number of carbonyl (C=O) groups is 1. The number of amides is 1. The molecule has 32 heavy (non-hydrogen) atoms. The predicted octanol–water partition coefficient (Wildman–Crippen LogP) is 2.22. The van der Waals surface area contributed by atoms with Crippen LogP contribution < -0.4 is 24.2 Å². The minimum atomic E-state index is -2.89. The molecule has 1 aliphatic heterocycles. The van der Waals surface area contributed by atoms with Gasteiger partial charge in [-0.05, 0) is 42.7 Å². The molecular formula is C22H27N3O6S. The number of piperidine rings is 1. The second kappa shape index (κ2) is 10.9. The number of nitrogens with zero attached hydrogens (tertiary/aromatic N) is 2. The Bertz CT molecular complexity index is 1040. The van der Waals surface area contributed by atoms with Crippen LogP contribution in [0.1, 0.15) is 18.4 Å². The number of carbonyl (C=O) groups excluding carboxylic acids is 1. The second-order valence-electron chi connectivity index (χ2n) is 7.21. The Labute approximate surface area is 188 Å². The summed E-state index contributed by atoms with van der Waals surface area (Å²) in [6, 6.07) is 12.5. The van der Waals surface area contributed by atoms with E-state index in [2.05, 4.69) is 4.90 Å². The fourth-order valence-electron chi connectivity index (χ4n) is 3.86. The quantitative estimate of drug-likeness (QED) is 0.239. The molecule has 0 unspecified atom stereocenters. The van der Waals surface area contributed by atoms with Gasteiger partial charge >= 0.3 is 0 Å². The van der Waals surface area contributed by atoms with Gasteiger partial charge in [-0.25, -0.2) is 13.9 Å². The summed E-state index contributed by atoms with van der Waals surface area (Å²) < 4.78 is 36.5. The van der Waals surface area contributed by atoms with Crippen LogP contribution in [0.4, 0.5) is 11.4 Å². The molecular weight excluding hydrogens is 434 g/mol. The van der Waals surface area contributed by atoms with Gasteiger partial charge < -0.3 is 14.4 Å². The van der Waals surface area contributed by atoms with E-state index in [1.807, 2.05) is 24.3 Å². The highest BCUT2D eigenvalue weighted by Crippen LogP contribution is 2.36. The number of hydrogen-bond donors (Lipinski definition) is 3. The third-order valence-corrected chi connectivity index (χ3v) is 6.31. The summed E-state index contributed by atoms with van der Waals surface area (Å²) in [6.07, 6.45) is 4.11. The zero-order valence-electron chi connectivity index (χ0n) is 17.9. The first-order valence-electron chi connectivity index (χ1n) is 10.1. The second-order valence-corrected chi connectivity index (χ2v) is 8.11. The first-order valence-corrected chi connectivity index (χ1v) is 11.2. The van der Waals surface area contributed by atoms with Gasteiger partial charge in [-0.15, -0.1) is 0 Å². The van der Waals surface area contributed by atoms with Crippen molar-refractivity contribution in [3.63, 3.8) is 0 Å². The number of rotatable bonds is 8. The molecule has 1 heterocycles. The number of anilines is 2. The Morgan fingerprint density at radius 3 is 2.50 bits per heavy atom. The van der Waals surface area contributed by atoms with E-state index in [4.69, 9.17) is 14.7 Å². The topological polar surface area (TPSA) is 108 Å².